The van der Waals surface area contributed by atoms with E-state index in [4.69, 9.17) is 0 Å². The molecule has 2 heterocycles. The lowest BCUT2D eigenvalue weighted by molar-refractivity contribution is -0.0236. The van der Waals surface area contributed by atoms with Crippen molar-refractivity contribution in [2.24, 2.45) is 7.05 Å². The van der Waals surface area contributed by atoms with E-state index in [2.05, 4.69) is 15.6 Å². The molecule has 0 aliphatic carbocycles. The van der Waals surface area contributed by atoms with E-state index in [0.717, 1.165) is 5.69 Å². The number of nitrogens with one attached hydrogen (secondary N) is 1. The zero-order valence-corrected chi connectivity index (χ0v) is 13.1. The molecule has 3 rings (SSSR count). The minimum absolute atomic E-state index is 0.0372. The molecule has 0 bridgehead atoms. The molecule has 124 valence electrons. The van der Waals surface area contributed by atoms with Gasteiger partial charge in [-0.3, -0.25) is 4.68 Å². The second kappa shape index (κ2) is 5.98. The second-order valence-corrected chi connectivity index (χ2v) is 6.30. The highest BCUT2D eigenvalue weighted by molar-refractivity contribution is 5.29. The number of nitrogens with zero attached hydrogens (tertiary/aromatic N) is 3. The van der Waals surface area contributed by atoms with E-state index in [0.29, 0.717) is 18.4 Å². The number of rotatable bonds is 3. The van der Waals surface area contributed by atoms with Gasteiger partial charge in [-0.15, -0.1) is 5.10 Å². The minimum Gasteiger partial charge on any atom is -0.385 e. The van der Waals surface area contributed by atoms with Crippen molar-refractivity contribution in [3.8, 4) is 0 Å². The van der Waals surface area contributed by atoms with Crippen LogP contribution in [0, 0.1) is 0 Å². The number of hydrogen-bond donors (Lipinski definition) is 2. The van der Waals surface area contributed by atoms with Crippen LogP contribution < -0.4 is 5.32 Å². The lowest BCUT2D eigenvalue weighted by atomic mass is 9.78. The molecule has 7 heteroatoms. The van der Waals surface area contributed by atoms with Gasteiger partial charge in [0.05, 0.1) is 17.3 Å². The SMILES string of the molecule is C[C@H]1C[C@@](O)(c2ccc(C(F)F)cc2)C[C@@H](c2cn(C)nn2)N1. The summed E-state index contributed by atoms with van der Waals surface area (Å²) in [5, 5.41) is 22.5. The smallest absolute Gasteiger partial charge is 0.263 e. The first kappa shape index (κ1) is 16.0. The maximum Gasteiger partial charge on any atom is 0.263 e. The van der Waals surface area contributed by atoms with Crippen LogP contribution in [0.25, 0.3) is 0 Å². The van der Waals surface area contributed by atoms with Crippen LogP contribution in [0.1, 0.15) is 49.1 Å². The molecule has 3 atom stereocenters. The molecule has 1 aliphatic heterocycles. The molecule has 1 aliphatic rings. The highest BCUT2D eigenvalue weighted by Gasteiger charge is 2.40. The van der Waals surface area contributed by atoms with Gasteiger partial charge >= 0.3 is 0 Å². The number of aryl methyl sites for hydroxylation is 1. The first-order valence-corrected chi connectivity index (χ1v) is 7.60. The van der Waals surface area contributed by atoms with E-state index < -0.39 is 12.0 Å². The Morgan fingerprint density at radius 1 is 1.30 bits per heavy atom. The van der Waals surface area contributed by atoms with E-state index in [9.17, 15) is 13.9 Å². The summed E-state index contributed by atoms with van der Waals surface area (Å²) in [7, 11) is 1.79. The highest BCUT2D eigenvalue weighted by atomic mass is 19.3. The summed E-state index contributed by atoms with van der Waals surface area (Å²) in [5.74, 6) is 0. The topological polar surface area (TPSA) is 63.0 Å². The fourth-order valence-corrected chi connectivity index (χ4v) is 3.28. The zero-order valence-electron chi connectivity index (χ0n) is 13.1. The Morgan fingerprint density at radius 3 is 2.57 bits per heavy atom. The van der Waals surface area contributed by atoms with Crippen LogP contribution in [0.5, 0.6) is 0 Å². The van der Waals surface area contributed by atoms with Crippen LogP contribution in [-0.2, 0) is 12.6 Å². The van der Waals surface area contributed by atoms with Gasteiger partial charge < -0.3 is 10.4 Å². The van der Waals surface area contributed by atoms with Gasteiger partial charge in [0.1, 0.15) is 0 Å². The van der Waals surface area contributed by atoms with Gasteiger partial charge in [-0.25, -0.2) is 8.78 Å². The molecule has 0 spiro atoms. The Balaban J connectivity index is 1.87. The number of piperidine rings is 1. The lowest BCUT2D eigenvalue weighted by Gasteiger charge is -2.40. The molecular weight excluding hydrogens is 302 g/mol. The number of alkyl halides is 2. The van der Waals surface area contributed by atoms with Crippen LogP contribution in [0.2, 0.25) is 0 Å². The quantitative estimate of drug-likeness (QED) is 0.911. The van der Waals surface area contributed by atoms with Crippen LogP contribution in [0.3, 0.4) is 0 Å². The molecule has 1 saturated heterocycles. The van der Waals surface area contributed by atoms with Crippen molar-refractivity contribution < 1.29 is 13.9 Å². The van der Waals surface area contributed by atoms with Crippen molar-refractivity contribution in [2.45, 2.75) is 43.9 Å². The number of aliphatic hydroxyl groups is 1. The third-order valence-electron chi connectivity index (χ3n) is 4.35. The van der Waals surface area contributed by atoms with E-state index in [1.54, 1.807) is 23.9 Å². The molecule has 0 unspecified atom stereocenters. The largest absolute Gasteiger partial charge is 0.385 e. The third-order valence-corrected chi connectivity index (χ3v) is 4.35. The normalized spacial score (nSPS) is 28.3. The summed E-state index contributed by atoms with van der Waals surface area (Å²) in [4.78, 5) is 0. The molecule has 23 heavy (non-hydrogen) atoms. The van der Waals surface area contributed by atoms with E-state index in [1.807, 2.05) is 13.1 Å². The summed E-state index contributed by atoms with van der Waals surface area (Å²) in [5.41, 5.74) is 0.309. The molecular formula is C16H20F2N4O. The first-order valence-electron chi connectivity index (χ1n) is 7.60. The molecule has 2 N–H and O–H groups in total. The van der Waals surface area contributed by atoms with Crippen molar-refractivity contribution >= 4 is 0 Å². The number of benzene rings is 1. The van der Waals surface area contributed by atoms with Gasteiger partial charge in [0, 0.05) is 31.3 Å². The summed E-state index contributed by atoms with van der Waals surface area (Å²) < 4.78 is 27.0. The van der Waals surface area contributed by atoms with Gasteiger partial charge in [0.2, 0.25) is 0 Å². The maximum atomic E-state index is 12.7. The second-order valence-electron chi connectivity index (χ2n) is 6.30. The molecule has 0 saturated carbocycles. The molecule has 1 fully saturated rings. The number of aromatic nitrogens is 3. The van der Waals surface area contributed by atoms with Crippen molar-refractivity contribution in [2.75, 3.05) is 0 Å². The zero-order chi connectivity index (χ0) is 16.6. The third kappa shape index (κ3) is 3.25. The Kier molecular flexibility index (Phi) is 4.16. The van der Waals surface area contributed by atoms with Crippen molar-refractivity contribution in [3.63, 3.8) is 0 Å². The highest BCUT2D eigenvalue weighted by Crippen LogP contribution is 2.39. The minimum atomic E-state index is -2.50. The summed E-state index contributed by atoms with van der Waals surface area (Å²) >= 11 is 0. The van der Waals surface area contributed by atoms with Crippen molar-refractivity contribution in [1.29, 1.82) is 0 Å². The van der Waals surface area contributed by atoms with E-state index >= 15 is 0 Å². The fraction of sp³-hybridized carbons (Fsp3) is 0.500. The van der Waals surface area contributed by atoms with Crippen LogP contribution in [0.4, 0.5) is 8.78 Å². The summed E-state index contributed by atoms with van der Waals surface area (Å²) in [6.45, 7) is 1.99. The average molecular weight is 322 g/mol. The Hall–Kier alpha value is -1.86. The predicted molar refractivity (Wildman–Crippen MR) is 80.9 cm³/mol. The lowest BCUT2D eigenvalue weighted by Crippen LogP contribution is -2.47. The van der Waals surface area contributed by atoms with Gasteiger partial charge in [-0.05, 0) is 18.9 Å². The van der Waals surface area contributed by atoms with E-state index in [-0.39, 0.29) is 17.6 Å². The van der Waals surface area contributed by atoms with Crippen molar-refractivity contribution in [1.82, 2.24) is 20.3 Å². The average Bonchev–Trinajstić information content (AvgIpc) is 2.93. The Bertz CT molecular complexity index is 673. The molecule has 2 aromatic rings. The molecule has 0 amide bonds. The Morgan fingerprint density at radius 2 is 2.00 bits per heavy atom. The van der Waals surface area contributed by atoms with Crippen LogP contribution in [0.15, 0.2) is 30.5 Å². The molecule has 1 aromatic heterocycles. The number of halogens is 2. The predicted octanol–water partition coefficient (Wildman–Crippen LogP) is 2.45. The van der Waals surface area contributed by atoms with Gasteiger partial charge in [-0.2, -0.15) is 0 Å². The van der Waals surface area contributed by atoms with Crippen molar-refractivity contribution in [3.05, 3.63) is 47.3 Å². The van der Waals surface area contributed by atoms with Crippen LogP contribution >= 0.6 is 0 Å². The molecule has 1 aromatic carbocycles. The van der Waals surface area contributed by atoms with Crippen LogP contribution in [-0.4, -0.2) is 26.1 Å². The molecule has 0 radical (unpaired) electrons. The monoisotopic (exact) mass is 322 g/mol. The van der Waals surface area contributed by atoms with Gasteiger partial charge in [-0.1, -0.05) is 29.5 Å². The van der Waals surface area contributed by atoms with E-state index in [1.165, 1.54) is 12.1 Å². The fourth-order valence-electron chi connectivity index (χ4n) is 3.28. The summed E-state index contributed by atoms with van der Waals surface area (Å²) in [6, 6.07) is 5.87. The van der Waals surface area contributed by atoms with Gasteiger partial charge in [0.25, 0.3) is 6.43 Å². The Labute approximate surface area is 133 Å². The molecule has 5 nitrogen and oxygen atoms in total. The summed E-state index contributed by atoms with van der Waals surface area (Å²) in [6.07, 6.45) is 0.246. The first-order chi connectivity index (χ1) is 10.9. The number of hydrogen-bond acceptors (Lipinski definition) is 4. The van der Waals surface area contributed by atoms with Gasteiger partial charge in [0.15, 0.2) is 0 Å². The standard InChI is InChI=1S/C16H20F2N4O/c1-10-7-16(23,12-5-3-11(4-6-12)15(17)18)8-13(19-10)14-9-22(2)21-20-14/h3-6,9-10,13,15,19,23H,7-8H2,1-2H3/t10-,13-,16-/m0/s1. The maximum absolute atomic E-state index is 12.7.